The molecule has 0 bridgehead atoms. The van der Waals surface area contributed by atoms with E-state index in [9.17, 15) is 4.79 Å². The van der Waals surface area contributed by atoms with Gasteiger partial charge in [0.15, 0.2) is 0 Å². The molecular weight excluding hydrogens is 286 g/mol. The number of amides is 1. The highest BCUT2D eigenvalue weighted by atomic mass is 16.2. The SMILES string of the molecule is Cc1cccc(N2CCN(C(=O)CCCCCCN)CC2)c1C. The number of carbonyl (C=O) groups excluding carboxylic acids is 1. The zero-order chi connectivity index (χ0) is 16.7. The number of anilines is 1. The third-order valence-corrected chi connectivity index (χ3v) is 4.89. The van der Waals surface area contributed by atoms with Crippen molar-refractivity contribution in [3.63, 3.8) is 0 Å². The highest BCUT2D eigenvalue weighted by molar-refractivity contribution is 5.76. The number of benzene rings is 1. The van der Waals surface area contributed by atoms with Gasteiger partial charge in [-0.1, -0.05) is 25.0 Å². The van der Waals surface area contributed by atoms with Crippen LogP contribution >= 0.6 is 0 Å². The lowest BCUT2D eigenvalue weighted by atomic mass is 10.1. The summed E-state index contributed by atoms with van der Waals surface area (Å²) in [5, 5.41) is 0. The molecule has 4 heteroatoms. The van der Waals surface area contributed by atoms with Gasteiger partial charge in [-0.25, -0.2) is 0 Å². The monoisotopic (exact) mass is 317 g/mol. The third-order valence-electron chi connectivity index (χ3n) is 4.89. The first-order valence-corrected chi connectivity index (χ1v) is 8.92. The number of rotatable bonds is 7. The van der Waals surface area contributed by atoms with E-state index in [2.05, 4.69) is 36.9 Å². The molecule has 0 aromatic heterocycles. The summed E-state index contributed by atoms with van der Waals surface area (Å²) in [6.07, 6.45) is 5.02. The molecule has 0 aliphatic carbocycles. The third kappa shape index (κ3) is 4.96. The van der Waals surface area contributed by atoms with Crippen LogP contribution in [0, 0.1) is 13.8 Å². The van der Waals surface area contributed by atoms with Crippen LogP contribution in [0.1, 0.15) is 43.2 Å². The first kappa shape index (κ1) is 17.8. The van der Waals surface area contributed by atoms with Crippen LogP contribution in [0.4, 0.5) is 5.69 Å². The van der Waals surface area contributed by atoms with Gasteiger partial charge in [-0.2, -0.15) is 0 Å². The summed E-state index contributed by atoms with van der Waals surface area (Å²) in [5.74, 6) is 0.318. The second-order valence-electron chi connectivity index (χ2n) is 6.54. The van der Waals surface area contributed by atoms with Crippen molar-refractivity contribution in [2.24, 2.45) is 5.73 Å². The molecule has 0 atom stereocenters. The van der Waals surface area contributed by atoms with Crippen LogP contribution in [-0.4, -0.2) is 43.5 Å². The minimum atomic E-state index is 0.318. The molecule has 1 aliphatic heterocycles. The molecule has 2 N–H and O–H groups in total. The fraction of sp³-hybridized carbons (Fsp3) is 0.632. The van der Waals surface area contributed by atoms with E-state index in [-0.39, 0.29) is 0 Å². The van der Waals surface area contributed by atoms with Crippen molar-refractivity contribution in [2.45, 2.75) is 46.0 Å². The standard InChI is InChI=1S/C19H31N3O/c1-16-8-7-9-18(17(16)2)21-12-14-22(15-13-21)19(23)10-5-3-4-6-11-20/h7-9H,3-6,10-15,20H2,1-2H3. The second kappa shape index (κ2) is 8.92. The molecule has 1 aromatic rings. The maximum atomic E-state index is 12.3. The summed E-state index contributed by atoms with van der Waals surface area (Å²) in [7, 11) is 0. The van der Waals surface area contributed by atoms with E-state index < -0.39 is 0 Å². The molecule has 1 amide bonds. The Labute approximate surface area is 140 Å². The van der Waals surface area contributed by atoms with E-state index in [0.717, 1.165) is 58.4 Å². The fourth-order valence-electron chi connectivity index (χ4n) is 3.21. The number of hydrogen-bond donors (Lipinski definition) is 1. The lowest BCUT2D eigenvalue weighted by molar-refractivity contribution is -0.131. The predicted molar refractivity (Wildman–Crippen MR) is 96.8 cm³/mol. The number of aryl methyl sites for hydroxylation is 1. The second-order valence-corrected chi connectivity index (χ2v) is 6.54. The Hall–Kier alpha value is -1.55. The van der Waals surface area contributed by atoms with E-state index in [1.807, 2.05) is 4.90 Å². The number of nitrogens with zero attached hydrogens (tertiary/aromatic N) is 2. The minimum Gasteiger partial charge on any atom is -0.368 e. The predicted octanol–water partition coefficient (Wildman–Crippen LogP) is 2.86. The summed E-state index contributed by atoms with van der Waals surface area (Å²) >= 11 is 0. The average molecular weight is 317 g/mol. The van der Waals surface area contributed by atoms with E-state index in [0.29, 0.717) is 12.3 Å². The molecule has 1 fully saturated rings. The van der Waals surface area contributed by atoms with E-state index in [1.165, 1.54) is 16.8 Å². The Kier molecular flexibility index (Phi) is 6.90. The summed E-state index contributed by atoms with van der Waals surface area (Å²) in [5.41, 5.74) is 9.49. The number of nitrogens with two attached hydrogens (primary N) is 1. The molecule has 1 aromatic carbocycles. The topological polar surface area (TPSA) is 49.6 Å². The van der Waals surface area contributed by atoms with Crippen LogP contribution in [0.3, 0.4) is 0 Å². The number of unbranched alkanes of at least 4 members (excludes halogenated alkanes) is 3. The van der Waals surface area contributed by atoms with Gasteiger partial charge in [-0.3, -0.25) is 4.79 Å². The highest BCUT2D eigenvalue weighted by Crippen LogP contribution is 2.24. The molecule has 0 unspecified atom stereocenters. The molecule has 128 valence electrons. The van der Waals surface area contributed by atoms with Crippen molar-refractivity contribution < 1.29 is 4.79 Å². The van der Waals surface area contributed by atoms with Crippen LogP contribution in [-0.2, 0) is 4.79 Å². The van der Waals surface area contributed by atoms with Gasteiger partial charge < -0.3 is 15.5 Å². The summed E-state index contributed by atoms with van der Waals surface area (Å²) in [6, 6.07) is 6.47. The van der Waals surface area contributed by atoms with E-state index in [1.54, 1.807) is 0 Å². The van der Waals surface area contributed by atoms with Gasteiger partial charge in [-0.15, -0.1) is 0 Å². The van der Waals surface area contributed by atoms with Gasteiger partial charge in [0.25, 0.3) is 0 Å². The van der Waals surface area contributed by atoms with Crippen LogP contribution in [0.2, 0.25) is 0 Å². The Morgan fingerprint density at radius 3 is 2.43 bits per heavy atom. The molecule has 0 spiro atoms. The minimum absolute atomic E-state index is 0.318. The zero-order valence-electron chi connectivity index (χ0n) is 14.7. The van der Waals surface area contributed by atoms with Crippen molar-refractivity contribution in [2.75, 3.05) is 37.6 Å². The van der Waals surface area contributed by atoms with Crippen molar-refractivity contribution >= 4 is 11.6 Å². The van der Waals surface area contributed by atoms with Crippen molar-refractivity contribution in [1.82, 2.24) is 4.90 Å². The van der Waals surface area contributed by atoms with Gasteiger partial charge in [-0.05, 0) is 50.4 Å². The molecule has 0 saturated carbocycles. The lowest BCUT2D eigenvalue weighted by Gasteiger charge is -2.37. The van der Waals surface area contributed by atoms with Gasteiger partial charge in [0, 0.05) is 38.3 Å². The molecule has 0 radical (unpaired) electrons. The zero-order valence-corrected chi connectivity index (χ0v) is 14.7. The first-order valence-electron chi connectivity index (χ1n) is 8.92. The summed E-state index contributed by atoms with van der Waals surface area (Å²) in [6.45, 7) is 8.65. The number of piperazine rings is 1. The van der Waals surface area contributed by atoms with Crippen molar-refractivity contribution in [3.8, 4) is 0 Å². The Morgan fingerprint density at radius 2 is 1.74 bits per heavy atom. The Bertz CT molecular complexity index is 507. The van der Waals surface area contributed by atoms with E-state index >= 15 is 0 Å². The van der Waals surface area contributed by atoms with E-state index in [4.69, 9.17) is 5.73 Å². The highest BCUT2D eigenvalue weighted by Gasteiger charge is 2.21. The molecule has 1 aliphatic rings. The average Bonchev–Trinajstić information content (AvgIpc) is 2.57. The molecule has 23 heavy (non-hydrogen) atoms. The van der Waals surface area contributed by atoms with Gasteiger partial charge in [0.2, 0.25) is 5.91 Å². The van der Waals surface area contributed by atoms with Crippen LogP contribution in [0.5, 0.6) is 0 Å². The smallest absolute Gasteiger partial charge is 0.222 e. The summed E-state index contributed by atoms with van der Waals surface area (Å²) < 4.78 is 0. The quantitative estimate of drug-likeness (QED) is 0.787. The molecular formula is C19H31N3O. The summed E-state index contributed by atoms with van der Waals surface area (Å²) in [4.78, 5) is 16.7. The van der Waals surface area contributed by atoms with Crippen LogP contribution < -0.4 is 10.6 Å². The first-order chi connectivity index (χ1) is 11.1. The molecule has 4 nitrogen and oxygen atoms in total. The van der Waals surface area contributed by atoms with Crippen molar-refractivity contribution in [1.29, 1.82) is 0 Å². The van der Waals surface area contributed by atoms with Gasteiger partial charge >= 0.3 is 0 Å². The lowest BCUT2D eigenvalue weighted by Crippen LogP contribution is -2.49. The largest absolute Gasteiger partial charge is 0.368 e. The maximum Gasteiger partial charge on any atom is 0.222 e. The maximum absolute atomic E-state index is 12.3. The van der Waals surface area contributed by atoms with Crippen molar-refractivity contribution in [3.05, 3.63) is 29.3 Å². The number of carbonyl (C=O) groups is 1. The molecule has 1 heterocycles. The number of hydrogen-bond acceptors (Lipinski definition) is 3. The normalized spacial score (nSPS) is 15.1. The Morgan fingerprint density at radius 1 is 1.04 bits per heavy atom. The Balaban J connectivity index is 1.77. The van der Waals surface area contributed by atoms with Crippen LogP contribution in [0.15, 0.2) is 18.2 Å². The fourth-order valence-corrected chi connectivity index (χ4v) is 3.21. The van der Waals surface area contributed by atoms with Gasteiger partial charge in [0.05, 0.1) is 0 Å². The van der Waals surface area contributed by atoms with Gasteiger partial charge in [0.1, 0.15) is 0 Å². The molecule has 1 saturated heterocycles. The molecule has 2 rings (SSSR count). The van der Waals surface area contributed by atoms with Crippen LogP contribution in [0.25, 0.3) is 0 Å².